The molecule has 29 heavy (non-hydrogen) atoms. The largest absolute Gasteiger partial charge is 0.494 e. The standard InChI is InChI=1S/C22H24N2O5/c25-20(26)2-1-13-29-19-11-3-15(4-12-19)14-23-21(27)16-7-9-18(10-8-16)24-22(28)17-5-6-17/h3-4,7-12,17H,1-2,5-6,13-14H2,(H,23,27)(H,24,28)(H,25,26). The van der Waals surface area contributed by atoms with Crippen molar-refractivity contribution in [1.29, 1.82) is 0 Å². The summed E-state index contributed by atoms with van der Waals surface area (Å²) in [5.41, 5.74) is 2.13. The molecule has 0 spiro atoms. The highest BCUT2D eigenvalue weighted by Gasteiger charge is 2.29. The molecule has 7 nitrogen and oxygen atoms in total. The van der Waals surface area contributed by atoms with Crippen LogP contribution in [0.25, 0.3) is 0 Å². The zero-order chi connectivity index (χ0) is 20.6. The van der Waals surface area contributed by atoms with Crippen LogP contribution in [0.4, 0.5) is 5.69 Å². The van der Waals surface area contributed by atoms with Crippen LogP contribution in [0.2, 0.25) is 0 Å². The minimum Gasteiger partial charge on any atom is -0.494 e. The molecule has 0 aliphatic heterocycles. The molecule has 3 N–H and O–H groups in total. The van der Waals surface area contributed by atoms with Crippen molar-refractivity contribution in [2.45, 2.75) is 32.2 Å². The summed E-state index contributed by atoms with van der Waals surface area (Å²) in [7, 11) is 0. The molecular formula is C22H24N2O5. The van der Waals surface area contributed by atoms with E-state index in [0.29, 0.717) is 36.6 Å². The molecule has 2 amide bonds. The van der Waals surface area contributed by atoms with Crippen molar-refractivity contribution in [2.24, 2.45) is 5.92 Å². The third-order valence-electron chi connectivity index (χ3n) is 4.54. The summed E-state index contributed by atoms with van der Waals surface area (Å²) in [4.78, 5) is 34.5. The molecular weight excluding hydrogens is 372 g/mol. The van der Waals surface area contributed by atoms with E-state index in [1.807, 2.05) is 12.1 Å². The van der Waals surface area contributed by atoms with Gasteiger partial charge in [-0.1, -0.05) is 12.1 Å². The molecule has 0 aromatic heterocycles. The molecule has 1 aliphatic carbocycles. The predicted octanol–water partition coefficient (Wildman–Crippen LogP) is 3.21. The molecule has 0 heterocycles. The lowest BCUT2D eigenvalue weighted by Crippen LogP contribution is -2.22. The molecule has 7 heteroatoms. The van der Waals surface area contributed by atoms with Gasteiger partial charge in [0, 0.05) is 30.1 Å². The minimum absolute atomic E-state index is 0.0384. The van der Waals surface area contributed by atoms with Crippen molar-refractivity contribution >= 4 is 23.5 Å². The van der Waals surface area contributed by atoms with E-state index in [2.05, 4.69) is 10.6 Å². The summed E-state index contributed by atoms with van der Waals surface area (Å²) in [5, 5.41) is 14.3. The van der Waals surface area contributed by atoms with Gasteiger partial charge >= 0.3 is 5.97 Å². The fourth-order valence-corrected chi connectivity index (χ4v) is 2.70. The van der Waals surface area contributed by atoms with Crippen LogP contribution in [0.3, 0.4) is 0 Å². The Kier molecular flexibility index (Phi) is 6.84. The zero-order valence-electron chi connectivity index (χ0n) is 16.0. The number of carboxylic acid groups (broad SMARTS) is 1. The average Bonchev–Trinajstić information content (AvgIpc) is 3.56. The average molecular weight is 396 g/mol. The number of nitrogens with one attached hydrogen (secondary N) is 2. The van der Waals surface area contributed by atoms with E-state index < -0.39 is 5.97 Å². The second kappa shape index (κ2) is 9.73. The van der Waals surface area contributed by atoms with Crippen LogP contribution < -0.4 is 15.4 Å². The molecule has 152 valence electrons. The fraction of sp³-hybridized carbons (Fsp3) is 0.318. The number of ether oxygens (including phenoxy) is 1. The molecule has 2 aromatic carbocycles. The lowest BCUT2D eigenvalue weighted by atomic mass is 10.1. The summed E-state index contributed by atoms with van der Waals surface area (Å²) < 4.78 is 5.48. The Morgan fingerprint density at radius 3 is 2.31 bits per heavy atom. The van der Waals surface area contributed by atoms with Gasteiger partial charge in [-0.15, -0.1) is 0 Å². The highest BCUT2D eigenvalue weighted by Crippen LogP contribution is 2.30. The topological polar surface area (TPSA) is 105 Å². The number of benzene rings is 2. The molecule has 1 fully saturated rings. The molecule has 0 atom stereocenters. The maximum atomic E-state index is 12.3. The second-order valence-corrected chi connectivity index (χ2v) is 7.01. The van der Waals surface area contributed by atoms with Gasteiger partial charge in [-0.25, -0.2) is 0 Å². The molecule has 0 unspecified atom stereocenters. The summed E-state index contributed by atoms with van der Waals surface area (Å²) >= 11 is 0. The summed E-state index contributed by atoms with van der Waals surface area (Å²) in [6, 6.07) is 14.1. The zero-order valence-corrected chi connectivity index (χ0v) is 16.0. The maximum Gasteiger partial charge on any atom is 0.303 e. The van der Waals surface area contributed by atoms with Crippen molar-refractivity contribution in [3.8, 4) is 5.75 Å². The van der Waals surface area contributed by atoms with Gasteiger partial charge in [0.15, 0.2) is 0 Å². The Morgan fingerprint density at radius 2 is 1.69 bits per heavy atom. The number of hydrogen-bond donors (Lipinski definition) is 3. The number of carbonyl (C=O) groups is 3. The molecule has 2 aromatic rings. The van der Waals surface area contributed by atoms with Crippen LogP contribution in [0.15, 0.2) is 48.5 Å². The van der Waals surface area contributed by atoms with E-state index in [0.717, 1.165) is 18.4 Å². The van der Waals surface area contributed by atoms with Crippen molar-refractivity contribution in [2.75, 3.05) is 11.9 Å². The van der Waals surface area contributed by atoms with E-state index in [9.17, 15) is 14.4 Å². The molecule has 3 rings (SSSR count). The first kappa shape index (κ1) is 20.4. The third kappa shape index (κ3) is 6.64. The Bertz CT molecular complexity index is 858. The van der Waals surface area contributed by atoms with Gasteiger partial charge in [-0.2, -0.15) is 0 Å². The summed E-state index contributed by atoms with van der Waals surface area (Å²) in [6.45, 7) is 0.720. The van der Waals surface area contributed by atoms with Gasteiger partial charge in [0.1, 0.15) is 5.75 Å². The first-order valence-electron chi connectivity index (χ1n) is 9.64. The lowest BCUT2D eigenvalue weighted by molar-refractivity contribution is -0.137. The van der Waals surface area contributed by atoms with Crippen LogP contribution >= 0.6 is 0 Å². The minimum atomic E-state index is -0.836. The van der Waals surface area contributed by atoms with E-state index >= 15 is 0 Å². The van der Waals surface area contributed by atoms with Crippen molar-refractivity contribution < 1.29 is 24.2 Å². The highest BCUT2D eigenvalue weighted by atomic mass is 16.5. The van der Waals surface area contributed by atoms with Crippen molar-refractivity contribution in [3.63, 3.8) is 0 Å². The summed E-state index contributed by atoms with van der Waals surface area (Å²) in [5.74, 6) is -0.193. The van der Waals surface area contributed by atoms with Gasteiger partial charge in [-0.3, -0.25) is 14.4 Å². The number of carboxylic acids is 1. The SMILES string of the molecule is O=C(O)CCCOc1ccc(CNC(=O)c2ccc(NC(=O)C3CC3)cc2)cc1. The van der Waals surface area contributed by atoms with E-state index in [-0.39, 0.29) is 24.2 Å². The number of carbonyl (C=O) groups excluding carboxylic acids is 2. The van der Waals surface area contributed by atoms with E-state index in [1.54, 1.807) is 36.4 Å². The van der Waals surface area contributed by atoms with Gasteiger partial charge in [0.05, 0.1) is 6.61 Å². The number of aliphatic carboxylic acids is 1. The lowest BCUT2D eigenvalue weighted by Gasteiger charge is -2.09. The molecule has 1 saturated carbocycles. The Balaban J connectivity index is 1.42. The highest BCUT2D eigenvalue weighted by molar-refractivity contribution is 5.96. The van der Waals surface area contributed by atoms with Gasteiger partial charge in [-0.05, 0) is 61.2 Å². The van der Waals surface area contributed by atoms with Gasteiger partial charge in [0.25, 0.3) is 5.91 Å². The molecule has 0 saturated heterocycles. The number of hydrogen-bond acceptors (Lipinski definition) is 4. The fourth-order valence-electron chi connectivity index (χ4n) is 2.70. The van der Waals surface area contributed by atoms with Crippen LogP contribution in [0, 0.1) is 5.92 Å². The maximum absolute atomic E-state index is 12.3. The van der Waals surface area contributed by atoms with E-state index in [1.165, 1.54) is 0 Å². The first-order chi connectivity index (χ1) is 14.0. The monoisotopic (exact) mass is 396 g/mol. The Hall–Kier alpha value is -3.35. The number of rotatable bonds is 10. The summed E-state index contributed by atoms with van der Waals surface area (Å²) in [6.07, 6.45) is 2.43. The van der Waals surface area contributed by atoms with Gasteiger partial charge < -0.3 is 20.5 Å². The van der Waals surface area contributed by atoms with Crippen LogP contribution in [-0.2, 0) is 16.1 Å². The van der Waals surface area contributed by atoms with Crippen LogP contribution in [-0.4, -0.2) is 29.5 Å². The number of amides is 2. The quantitative estimate of drug-likeness (QED) is 0.535. The van der Waals surface area contributed by atoms with Crippen LogP contribution in [0.1, 0.15) is 41.6 Å². The first-order valence-corrected chi connectivity index (χ1v) is 9.64. The van der Waals surface area contributed by atoms with Gasteiger partial charge in [0.2, 0.25) is 5.91 Å². The predicted molar refractivity (Wildman–Crippen MR) is 108 cm³/mol. The van der Waals surface area contributed by atoms with E-state index in [4.69, 9.17) is 9.84 Å². The second-order valence-electron chi connectivity index (χ2n) is 7.01. The van der Waals surface area contributed by atoms with Crippen LogP contribution in [0.5, 0.6) is 5.75 Å². The van der Waals surface area contributed by atoms with Crippen molar-refractivity contribution in [1.82, 2.24) is 5.32 Å². The smallest absolute Gasteiger partial charge is 0.303 e. The molecule has 1 aliphatic rings. The number of anilines is 1. The van der Waals surface area contributed by atoms with Crippen molar-refractivity contribution in [3.05, 3.63) is 59.7 Å². The molecule has 0 bridgehead atoms. The molecule has 0 radical (unpaired) electrons. The normalized spacial score (nSPS) is 12.8. The third-order valence-corrected chi connectivity index (χ3v) is 4.54. The Labute approximate surface area is 169 Å². The Morgan fingerprint density at radius 1 is 1.00 bits per heavy atom.